The van der Waals surface area contributed by atoms with E-state index >= 15 is 0 Å². The Morgan fingerprint density at radius 3 is 2.55 bits per heavy atom. The lowest BCUT2D eigenvalue weighted by molar-refractivity contribution is -0.139. The van der Waals surface area contributed by atoms with E-state index in [0.717, 1.165) is 24.1 Å². The van der Waals surface area contributed by atoms with Crippen LogP contribution < -0.4 is 9.64 Å². The average Bonchev–Trinajstić information content (AvgIpc) is 3.12. The van der Waals surface area contributed by atoms with Crippen LogP contribution in [0.15, 0.2) is 78.9 Å². The van der Waals surface area contributed by atoms with Gasteiger partial charge >= 0.3 is 5.97 Å². The van der Waals surface area contributed by atoms with Gasteiger partial charge in [-0.25, -0.2) is 4.79 Å². The van der Waals surface area contributed by atoms with Crippen molar-refractivity contribution in [3.8, 4) is 16.9 Å². The highest BCUT2D eigenvalue weighted by molar-refractivity contribution is 5.90. The molecule has 1 unspecified atom stereocenters. The number of hydrogen-bond donors (Lipinski definition) is 1. The average molecular weight is 412 g/mol. The molecule has 1 atom stereocenters. The van der Waals surface area contributed by atoms with Crippen LogP contribution in [0.2, 0.25) is 0 Å². The molecule has 0 aromatic heterocycles. The molecule has 4 heteroatoms. The molecule has 1 aliphatic carbocycles. The zero-order valence-electron chi connectivity index (χ0n) is 17.3. The quantitative estimate of drug-likeness (QED) is 0.559. The van der Waals surface area contributed by atoms with Gasteiger partial charge in [-0.05, 0) is 65.8 Å². The van der Waals surface area contributed by atoms with Crippen molar-refractivity contribution in [3.05, 3.63) is 90.0 Å². The molecular formula is C27H25NO3. The summed E-state index contributed by atoms with van der Waals surface area (Å²) >= 11 is 0. The fourth-order valence-corrected chi connectivity index (χ4v) is 4.70. The lowest BCUT2D eigenvalue weighted by atomic mass is 9.90. The van der Waals surface area contributed by atoms with Crippen LogP contribution in [0.4, 0.5) is 5.69 Å². The van der Waals surface area contributed by atoms with Crippen LogP contribution in [0, 0.1) is 0 Å². The van der Waals surface area contributed by atoms with Crippen LogP contribution in [0.25, 0.3) is 16.7 Å². The van der Waals surface area contributed by atoms with Crippen LogP contribution >= 0.6 is 0 Å². The number of benzene rings is 3. The van der Waals surface area contributed by atoms with E-state index in [1.165, 1.54) is 35.2 Å². The number of hydrogen-bond acceptors (Lipinski definition) is 3. The smallest absolute Gasteiger partial charge is 0.341 e. The maximum atomic E-state index is 10.7. The zero-order chi connectivity index (χ0) is 21.2. The van der Waals surface area contributed by atoms with Crippen molar-refractivity contribution >= 4 is 17.2 Å². The van der Waals surface area contributed by atoms with Crippen molar-refractivity contribution < 1.29 is 14.6 Å². The van der Waals surface area contributed by atoms with E-state index in [-0.39, 0.29) is 6.61 Å². The molecule has 0 fully saturated rings. The number of ether oxygens (including phenoxy) is 1. The van der Waals surface area contributed by atoms with Gasteiger partial charge in [-0.15, -0.1) is 0 Å². The van der Waals surface area contributed by atoms with Crippen molar-refractivity contribution in [2.45, 2.75) is 31.8 Å². The normalized spacial score (nSPS) is 17.0. The van der Waals surface area contributed by atoms with Crippen LogP contribution in [0.1, 0.15) is 30.4 Å². The van der Waals surface area contributed by atoms with Gasteiger partial charge in [0.25, 0.3) is 0 Å². The van der Waals surface area contributed by atoms with E-state index in [1.807, 2.05) is 24.3 Å². The standard InChI is InChI=1S/C27H25NO3/c29-27(30)18-31-22-13-10-20(11-14-22)21-12-15-26-24(16-21)23-8-4-5-9-25(23)28(26)17-19-6-2-1-3-7-19/h1-3,6-8,10-16,25H,4-5,9,17-18H2,(H,29,30). The molecule has 0 amide bonds. The first kappa shape index (κ1) is 19.4. The van der Waals surface area contributed by atoms with Gasteiger partial charge < -0.3 is 14.7 Å². The van der Waals surface area contributed by atoms with Crippen LogP contribution in [-0.2, 0) is 11.3 Å². The van der Waals surface area contributed by atoms with Gasteiger partial charge in [0.1, 0.15) is 5.75 Å². The Morgan fingerprint density at radius 1 is 1.00 bits per heavy atom. The summed E-state index contributed by atoms with van der Waals surface area (Å²) < 4.78 is 5.26. The molecule has 1 N–H and O–H groups in total. The molecule has 2 aliphatic rings. The predicted molar refractivity (Wildman–Crippen MR) is 123 cm³/mol. The SMILES string of the molecule is O=C(O)COc1ccc(-c2ccc3c(c2)C2=CCCCC2N3Cc2ccccc2)cc1. The molecule has 5 rings (SSSR count). The van der Waals surface area contributed by atoms with E-state index in [9.17, 15) is 4.79 Å². The van der Waals surface area contributed by atoms with Gasteiger partial charge in [-0.1, -0.05) is 54.6 Å². The molecule has 0 bridgehead atoms. The topological polar surface area (TPSA) is 49.8 Å². The van der Waals surface area contributed by atoms with Crippen LogP contribution in [0.5, 0.6) is 5.75 Å². The summed E-state index contributed by atoms with van der Waals surface area (Å²) in [7, 11) is 0. The Kier molecular flexibility index (Phi) is 5.21. The van der Waals surface area contributed by atoms with E-state index in [2.05, 4.69) is 59.5 Å². The summed E-state index contributed by atoms with van der Waals surface area (Å²) in [6, 6.07) is 25.5. The maximum Gasteiger partial charge on any atom is 0.341 e. The second-order valence-corrected chi connectivity index (χ2v) is 8.16. The molecule has 0 radical (unpaired) electrons. The van der Waals surface area contributed by atoms with E-state index in [1.54, 1.807) is 0 Å². The summed E-state index contributed by atoms with van der Waals surface area (Å²) in [5.74, 6) is -0.408. The predicted octanol–water partition coefficient (Wildman–Crippen LogP) is 5.77. The number of rotatable bonds is 6. The summed E-state index contributed by atoms with van der Waals surface area (Å²) in [6.07, 6.45) is 5.99. The second kappa shape index (κ2) is 8.31. The minimum absolute atomic E-state index is 0.328. The monoisotopic (exact) mass is 411 g/mol. The van der Waals surface area contributed by atoms with Crippen molar-refractivity contribution in [3.63, 3.8) is 0 Å². The Morgan fingerprint density at radius 2 is 1.77 bits per heavy atom. The molecule has 0 saturated heterocycles. The summed E-state index contributed by atoms with van der Waals surface area (Å²) in [5, 5.41) is 8.77. The molecule has 4 nitrogen and oxygen atoms in total. The molecule has 1 heterocycles. The lowest BCUT2D eigenvalue weighted by Gasteiger charge is -2.30. The summed E-state index contributed by atoms with van der Waals surface area (Å²) in [6.45, 7) is 0.593. The first-order chi connectivity index (χ1) is 15.2. The minimum atomic E-state index is -0.974. The Labute approximate surface area is 182 Å². The number of allylic oxidation sites excluding steroid dienone is 1. The van der Waals surface area contributed by atoms with Gasteiger partial charge in [0.15, 0.2) is 6.61 Å². The third-order valence-corrected chi connectivity index (χ3v) is 6.14. The molecular weight excluding hydrogens is 386 g/mol. The van der Waals surface area contributed by atoms with Crippen molar-refractivity contribution in [1.29, 1.82) is 0 Å². The minimum Gasteiger partial charge on any atom is -0.482 e. The number of anilines is 1. The van der Waals surface area contributed by atoms with Gasteiger partial charge in [0.05, 0.1) is 6.04 Å². The van der Waals surface area contributed by atoms with Crippen molar-refractivity contribution in [1.82, 2.24) is 0 Å². The third kappa shape index (κ3) is 3.93. The number of carboxylic acids is 1. The fourth-order valence-electron chi connectivity index (χ4n) is 4.70. The third-order valence-electron chi connectivity index (χ3n) is 6.14. The number of fused-ring (bicyclic) bond motifs is 3. The molecule has 1 aliphatic heterocycles. The van der Waals surface area contributed by atoms with E-state index < -0.39 is 5.97 Å². The molecule has 0 saturated carbocycles. The molecule has 156 valence electrons. The molecule has 0 spiro atoms. The van der Waals surface area contributed by atoms with Gasteiger partial charge in [0, 0.05) is 17.8 Å². The highest BCUT2D eigenvalue weighted by Gasteiger charge is 2.34. The first-order valence-electron chi connectivity index (χ1n) is 10.8. The van der Waals surface area contributed by atoms with E-state index in [0.29, 0.717) is 11.8 Å². The van der Waals surface area contributed by atoms with Crippen LogP contribution in [0.3, 0.4) is 0 Å². The van der Waals surface area contributed by atoms with Crippen LogP contribution in [-0.4, -0.2) is 23.7 Å². The highest BCUT2D eigenvalue weighted by Crippen LogP contribution is 2.46. The largest absolute Gasteiger partial charge is 0.482 e. The summed E-state index contributed by atoms with van der Waals surface area (Å²) in [4.78, 5) is 13.3. The Balaban J connectivity index is 1.45. The molecule has 3 aromatic carbocycles. The maximum absolute atomic E-state index is 10.7. The van der Waals surface area contributed by atoms with Crippen molar-refractivity contribution in [2.24, 2.45) is 0 Å². The van der Waals surface area contributed by atoms with E-state index in [4.69, 9.17) is 9.84 Å². The molecule has 31 heavy (non-hydrogen) atoms. The fraction of sp³-hybridized carbons (Fsp3) is 0.222. The summed E-state index contributed by atoms with van der Waals surface area (Å²) in [5.41, 5.74) is 7.70. The van der Waals surface area contributed by atoms with Gasteiger partial charge in [0.2, 0.25) is 0 Å². The lowest BCUT2D eigenvalue weighted by Crippen LogP contribution is -2.31. The highest BCUT2D eigenvalue weighted by atomic mass is 16.5. The van der Waals surface area contributed by atoms with Crippen molar-refractivity contribution in [2.75, 3.05) is 11.5 Å². The van der Waals surface area contributed by atoms with Gasteiger partial charge in [-0.3, -0.25) is 0 Å². The number of nitrogens with zero attached hydrogens (tertiary/aromatic N) is 1. The number of carboxylic acid groups (broad SMARTS) is 1. The second-order valence-electron chi connectivity index (χ2n) is 8.16. The Hall–Kier alpha value is -3.53. The zero-order valence-corrected chi connectivity index (χ0v) is 17.3. The molecule has 3 aromatic rings. The van der Waals surface area contributed by atoms with Gasteiger partial charge in [-0.2, -0.15) is 0 Å². The number of carbonyl (C=O) groups is 1. The Bertz CT molecular complexity index is 1120. The first-order valence-corrected chi connectivity index (χ1v) is 10.8. The number of aliphatic carboxylic acids is 1.